The first-order chi connectivity index (χ1) is 7.65. The Morgan fingerprint density at radius 3 is 2.88 bits per heavy atom. The zero-order chi connectivity index (χ0) is 11.5. The summed E-state index contributed by atoms with van der Waals surface area (Å²) in [5.74, 6) is 0. The van der Waals surface area contributed by atoms with Crippen molar-refractivity contribution in [1.82, 2.24) is 5.32 Å². The molecule has 1 aliphatic heterocycles. The molecule has 0 unspecified atom stereocenters. The van der Waals surface area contributed by atoms with Gasteiger partial charge in [0, 0.05) is 12.2 Å². The van der Waals surface area contributed by atoms with E-state index in [9.17, 15) is 4.79 Å². The molecule has 0 aromatic heterocycles. The van der Waals surface area contributed by atoms with Crippen LogP contribution in [-0.4, -0.2) is 25.3 Å². The maximum Gasteiger partial charge on any atom is 0.319 e. The molecule has 86 valence electrons. The monoisotopic (exact) mass is 220 g/mol. The second-order valence-corrected chi connectivity index (χ2v) is 4.11. The van der Waals surface area contributed by atoms with Gasteiger partial charge >= 0.3 is 6.03 Å². The van der Waals surface area contributed by atoms with Crippen LogP contribution in [-0.2, 0) is 4.74 Å². The normalized spacial score (nSPS) is 18.0. The van der Waals surface area contributed by atoms with Crippen LogP contribution in [0.2, 0.25) is 0 Å². The van der Waals surface area contributed by atoms with E-state index in [-0.39, 0.29) is 12.1 Å². The summed E-state index contributed by atoms with van der Waals surface area (Å²) in [7, 11) is 0. The van der Waals surface area contributed by atoms with E-state index >= 15 is 0 Å². The Hall–Kier alpha value is -1.55. The van der Waals surface area contributed by atoms with Gasteiger partial charge in [0.2, 0.25) is 0 Å². The number of amides is 2. The van der Waals surface area contributed by atoms with Gasteiger partial charge in [0.05, 0.1) is 12.7 Å². The van der Waals surface area contributed by atoms with Crippen molar-refractivity contribution in [2.75, 3.05) is 18.5 Å². The van der Waals surface area contributed by atoms with Crippen LogP contribution >= 0.6 is 0 Å². The van der Waals surface area contributed by atoms with Gasteiger partial charge in [-0.2, -0.15) is 0 Å². The fraction of sp³-hybridized carbons (Fsp3) is 0.417. The Kier molecular flexibility index (Phi) is 3.10. The standard InChI is InChI=1S/C12H16N2O2/c1-8-3-4-11(9(2)5-8)14-12(15)13-6-10-7-16-10/h3-5,10H,6-7H2,1-2H3,(H2,13,14,15)/t10-/m1/s1. The summed E-state index contributed by atoms with van der Waals surface area (Å²) < 4.78 is 5.01. The molecule has 2 amide bonds. The smallest absolute Gasteiger partial charge is 0.319 e. The maximum atomic E-state index is 11.5. The fourth-order valence-corrected chi connectivity index (χ4v) is 1.51. The van der Waals surface area contributed by atoms with Gasteiger partial charge in [-0.15, -0.1) is 0 Å². The molecule has 2 N–H and O–H groups in total. The number of carbonyl (C=O) groups is 1. The number of epoxide rings is 1. The molecule has 4 heteroatoms. The van der Waals surface area contributed by atoms with Gasteiger partial charge in [-0.25, -0.2) is 4.79 Å². The topological polar surface area (TPSA) is 53.7 Å². The lowest BCUT2D eigenvalue weighted by atomic mass is 10.1. The minimum absolute atomic E-state index is 0.178. The highest BCUT2D eigenvalue weighted by Crippen LogP contribution is 2.15. The lowest BCUT2D eigenvalue weighted by Gasteiger charge is -2.09. The number of ether oxygens (including phenoxy) is 1. The molecule has 1 atom stereocenters. The number of nitrogens with one attached hydrogen (secondary N) is 2. The molecule has 0 bridgehead atoms. The number of benzene rings is 1. The van der Waals surface area contributed by atoms with Crippen molar-refractivity contribution in [2.24, 2.45) is 0 Å². The predicted molar refractivity (Wildman–Crippen MR) is 62.7 cm³/mol. The molecule has 4 nitrogen and oxygen atoms in total. The van der Waals surface area contributed by atoms with Gasteiger partial charge in [0.25, 0.3) is 0 Å². The van der Waals surface area contributed by atoms with Gasteiger partial charge in [-0.3, -0.25) is 0 Å². The van der Waals surface area contributed by atoms with Crippen LogP contribution in [0.1, 0.15) is 11.1 Å². The average molecular weight is 220 g/mol. The van der Waals surface area contributed by atoms with E-state index in [2.05, 4.69) is 10.6 Å². The molecule has 1 aromatic rings. The number of aryl methyl sites for hydroxylation is 2. The highest BCUT2D eigenvalue weighted by Gasteiger charge is 2.22. The van der Waals surface area contributed by atoms with Crippen LogP contribution < -0.4 is 10.6 Å². The molecule has 2 rings (SSSR count). The molecular formula is C12H16N2O2. The largest absolute Gasteiger partial charge is 0.371 e. The van der Waals surface area contributed by atoms with Crippen LogP contribution in [0.5, 0.6) is 0 Å². The predicted octanol–water partition coefficient (Wildman–Crippen LogP) is 1.82. The van der Waals surface area contributed by atoms with Gasteiger partial charge in [0.1, 0.15) is 0 Å². The van der Waals surface area contributed by atoms with Crippen molar-refractivity contribution in [3.05, 3.63) is 29.3 Å². The Labute approximate surface area is 95.0 Å². The van der Waals surface area contributed by atoms with Crippen molar-refractivity contribution in [3.8, 4) is 0 Å². The van der Waals surface area contributed by atoms with Crippen molar-refractivity contribution in [3.63, 3.8) is 0 Å². The molecule has 1 aliphatic rings. The van der Waals surface area contributed by atoms with Crippen LogP contribution in [0.4, 0.5) is 10.5 Å². The first-order valence-electron chi connectivity index (χ1n) is 5.39. The van der Waals surface area contributed by atoms with Gasteiger partial charge in [-0.05, 0) is 25.5 Å². The van der Waals surface area contributed by atoms with Crippen molar-refractivity contribution < 1.29 is 9.53 Å². The van der Waals surface area contributed by atoms with E-state index < -0.39 is 0 Å². The molecule has 1 heterocycles. The Morgan fingerprint density at radius 1 is 1.50 bits per heavy atom. The number of hydrogen-bond donors (Lipinski definition) is 2. The molecule has 0 saturated carbocycles. The van der Waals surface area contributed by atoms with E-state index in [1.54, 1.807) is 0 Å². The van der Waals surface area contributed by atoms with Crippen LogP contribution in [0, 0.1) is 13.8 Å². The van der Waals surface area contributed by atoms with Gasteiger partial charge in [-0.1, -0.05) is 17.7 Å². The Bertz CT molecular complexity index is 400. The zero-order valence-electron chi connectivity index (χ0n) is 9.54. The molecule has 1 aromatic carbocycles. The molecule has 0 radical (unpaired) electrons. The van der Waals surface area contributed by atoms with Crippen LogP contribution in [0.15, 0.2) is 18.2 Å². The van der Waals surface area contributed by atoms with Crippen molar-refractivity contribution in [1.29, 1.82) is 0 Å². The third-order valence-corrected chi connectivity index (χ3v) is 2.52. The lowest BCUT2D eigenvalue weighted by Crippen LogP contribution is -2.32. The fourth-order valence-electron chi connectivity index (χ4n) is 1.51. The lowest BCUT2D eigenvalue weighted by molar-refractivity contribution is 0.250. The number of carbonyl (C=O) groups excluding carboxylic acids is 1. The highest BCUT2D eigenvalue weighted by molar-refractivity contribution is 5.90. The second-order valence-electron chi connectivity index (χ2n) is 4.11. The minimum Gasteiger partial charge on any atom is -0.371 e. The molecule has 1 saturated heterocycles. The zero-order valence-corrected chi connectivity index (χ0v) is 9.54. The quantitative estimate of drug-likeness (QED) is 0.763. The maximum absolute atomic E-state index is 11.5. The molecule has 0 aliphatic carbocycles. The van der Waals surface area contributed by atoms with E-state index in [0.717, 1.165) is 17.9 Å². The third kappa shape index (κ3) is 2.97. The summed E-state index contributed by atoms with van der Waals surface area (Å²) in [6.07, 6.45) is 0.213. The van der Waals surface area contributed by atoms with Gasteiger partial charge < -0.3 is 15.4 Å². The SMILES string of the molecule is Cc1ccc(NC(=O)NC[C@@H]2CO2)c(C)c1. The molecule has 1 fully saturated rings. The highest BCUT2D eigenvalue weighted by atomic mass is 16.6. The summed E-state index contributed by atoms with van der Waals surface area (Å²) in [6, 6.07) is 5.76. The van der Waals surface area contributed by atoms with E-state index in [1.165, 1.54) is 5.56 Å². The second kappa shape index (κ2) is 4.53. The summed E-state index contributed by atoms with van der Waals surface area (Å²) in [5, 5.41) is 5.57. The molecule has 0 spiro atoms. The third-order valence-electron chi connectivity index (χ3n) is 2.52. The van der Waals surface area contributed by atoms with E-state index in [1.807, 2.05) is 32.0 Å². The molecular weight excluding hydrogens is 204 g/mol. The first-order valence-corrected chi connectivity index (χ1v) is 5.39. The summed E-state index contributed by atoms with van der Waals surface area (Å²) in [5.41, 5.74) is 3.10. The number of urea groups is 1. The van der Waals surface area contributed by atoms with E-state index in [4.69, 9.17) is 4.74 Å². The number of anilines is 1. The van der Waals surface area contributed by atoms with Gasteiger partial charge in [0.15, 0.2) is 0 Å². The van der Waals surface area contributed by atoms with Crippen LogP contribution in [0.3, 0.4) is 0 Å². The van der Waals surface area contributed by atoms with Crippen LogP contribution in [0.25, 0.3) is 0 Å². The van der Waals surface area contributed by atoms with Crippen molar-refractivity contribution in [2.45, 2.75) is 20.0 Å². The summed E-state index contributed by atoms with van der Waals surface area (Å²) >= 11 is 0. The Balaban J connectivity index is 1.89. The number of rotatable bonds is 3. The Morgan fingerprint density at radius 2 is 2.25 bits per heavy atom. The minimum atomic E-state index is -0.178. The first kappa shape index (κ1) is 11.0. The summed E-state index contributed by atoms with van der Waals surface area (Å²) in [4.78, 5) is 11.5. The van der Waals surface area contributed by atoms with E-state index in [0.29, 0.717) is 6.54 Å². The number of hydrogen-bond acceptors (Lipinski definition) is 2. The average Bonchev–Trinajstić information content (AvgIpc) is 3.03. The molecule has 16 heavy (non-hydrogen) atoms. The van der Waals surface area contributed by atoms with Crippen molar-refractivity contribution >= 4 is 11.7 Å². The summed E-state index contributed by atoms with van der Waals surface area (Å²) in [6.45, 7) is 5.34.